The molecule has 4 nitrogen and oxygen atoms in total. The first-order valence-corrected chi connectivity index (χ1v) is 8.07. The fourth-order valence-corrected chi connectivity index (χ4v) is 2.70. The molecule has 2 aromatic rings. The number of H-pyrrole nitrogens is 1. The molecule has 120 valence electrons. The highest BCUT2D eigenvalue weighted by atomic mass is 16.5. The van der Waals surface area contributed by atoms with Gasteiger partial charge < -0.3 is 9.64 Å². The molecule has 1 aromatic carbocycles. The number of benzene rings is 1. The van der Waals surface area contributed by atoms with E-state index in [1.165, 1.54) is 29.5 Å². The van der Waals surface area contributed by atoms with Crippen molar-refractivity contribution in [2.45, 2.75) is 39.7 Å². The minimum atomic E-state index is 0.904. The molecule has 1 aromatic heterocycles. The summed E-state index contributed by atoms with van der Waals surface area (Å²) >= 11 is 0. The molecule has 0 saturated carbocycles. The van der Waals surface area contributed by atoms with Crippen molar-refractivity contribution < 1.29 is 4.74 Å². The van der Waals surface area contributed by atoms with Crippen LogP contribution < -0.4 is 4.74 Å². The number of ether oxygens (including phenoxy) is 1. The lowest BCUT2D eigenvalue weighted by Crippen LogP contribution is -2.19. The Bertz CT molecular complexity index is 592. The summed E-state index contributed by atoms with van der Waals surface area (Å²) in [6.45, 7) is 6.43. The first kappa shape index (κ1) is 16.6. The summed E-state index contributed by atoms with van der Waals surface area (Å²) in [6, 6.07) is 6.25. The van der Waals surface area contributed by atoms with E-state index in [0.29, 0.717) is 0 Å². The molecule has 0 spiro atoms. The largest absolute Gasteiger partial charge is 0.497 e. The number of methoxy groups -OCH3 is 1. The van der Waals surface area contributed by atoms with Crippen molar-refractivity contribution >= 4 is 0 Å². The fourth-order valence-electron chi connectivity index (χ4n) is 2.70. The molecule has 4 heteroatoms. The molecule has 0 radical (unpaired) electrons. The molecule has 0 amide bonds. The maximum absolute atomic E-state index is 5.33. The average molecular weight is 301 g/mol. The van der Waals surface area contributed by atoms with E-state index in [-0.39, 0.29) is 0 Å². The Morgan fingerprint density at radius 2 is 2.05 bits per heavy atom. The minimum absolute atomic E-state index is 0.904. The normalized spacial score (nSPS) is 11.1. The van der Waals surface area contributed by atoms with Crippen LogP contribution in [0.25, 0.3) is 11.3 Å². The summed E-state index contributed by atoms with van der Waals surface area (Å²) in [5, 5.41) is 7.45. The number of nitrogens with one attached hydrogen (secondary N) is 1. The van der Waals surface area contributed by atoms with Crippen molar-refractivity contribution in [2.24, 2.45) is 0 Å². The summed E-state index contributed by atoms with van der Waals surface area (Å²) in [7, 11) is 3.87. The van der Waals surface area contributed by atoms with Gasteiger partial charge in [-0.1, -0.05) is 20.3 Å². The molecule has 0 atom stereocenters. The van der Waals surface area contributed by atoms with Crippen LogP contribution in [0.3, 0.4) is 0 Å². The van der Waals surface area contributed by atoms with Gasteiger partial charge >= 0.3 is 0 Å². The number of hydrogen-bond acceptors (Lipinski definition) is 3. The van der Waals surface area contributed by atoms with Crippen LogP contribution in [0.1, 0.15) is 37.8 Å². The summed E-state index contributed by atoms with van der Waals surface area (Å²) in [4.78, 5) is 2.35. The molecule has 2 rings (SSSR count). The number of unbranched alkanes of at least 4 members (excludes halogenated alkanes) is 1. The predicted molar refractivity (Wildman–Crippen MR) is 91.2 cm³/mol. The Labute approximate surface area is 133 Å². The van der Waals surface area contributed by atoms with Gasteiger partial charge in [0.2, 0.25) is 0 Å². The summed E-state index contributed by atoms with van der Waals surface area (Å²) < 4.78 is 5.33. The van der Waals surface area contributed by atoms with Crippen LogP contribution in [0.4, 0.5) is 0 Å². The molecule has 0 bridgehead atoms. The highest BCUT2D eigenvalue weighted by Gasteiger charge is 2.13. The van der Waals surface area contributed by atoms with E-state index in [0.717, 1.165) is 31.0 Å². The fraction of sp³-hybridized carbons (Fsp3) is 0.500. The van der Waals surface area contributed by atoms with Gasteiger partial charge in [0, 0.05) is 17.7 Å². The van der Waals surface area contributed by atoms with E-state index in [1.807, 2.05) is 12.3 Å². The minimum Gasteiger partial charge on any atom is -0.497 e. The second-order valence-electron chi connectivity index (χ2n) is 5.74. The summed E-state index contributed by atoms with van der Waals surface area (Å²) in [6.07, 6.45) is 5.37. The molecule has 0 aliphatic carbocycles. The number of aryl methyl sites for hydroxylation is 1. The van der Waals surface area contributed by atoms with E-state index in [4.69, 9.17) is 4.74 Å². The summed E-state index contributed by atoms with van der Waals surface area (Å²) in [5.41, 5.74) is 4.88. The van der Waals surface area contributed by atoms with Gasteiger partial charge in [-0.25, -0.2) is 0 Å². The monoisotopic (exact) mass is 301 g/mol. The van der Waals surface area contributed by atoms with E-state index in [1.54, 1.807) is 7.11 Å². The standard InChI is InChI=1S/C18H27N3O/c1-5-7-10-21(3)13-15-12-19-20-18(15)17-9-8-16(22-4)11-14(17)6-2/h8-9,11-12H,5-7,10,13H2,1-4H3,(H,19,20). The zero-order chi connectivity index (χ0) is 15.9. The van der Waals surface area contributed by atoms with Crippen molar-refractivity contribution in [3.05, 3.63) is 35.5 Å². The summed E-state index contributed by atoms with van der Waals surface area (Å²) in [5.74, 6) is 0.904. The number of hydrogen-bond donors (Lipinski definition) is 1. The molecule has 0 aliphatic rings. The van der Waals surface area contributed by atoms with Gasteiger partial charge in [-0.2, -0.15) is 5.10 Å². The lowest BCUT2D eigenvalue weighted by atomic mass is 9.99. The third-order valence-corrected chi connectivity index (χ3v) is 4.01. The molecule has 22 heavy (non-hydrogen) atoms. The third kappa shape index (κ3) is 3.89. The number of aromatic nitrogens is 2. The van der Waals surface area contributed by atoms with Gasteiger partial charge in [-0.05, 0) is 50.2 Å². The topological polar surface area (TPSA) is 41.2 Å². The first-order valence-electron chi connectivity index (χ1n) is 8.07. The molecule has 0 unspecified atom stereocenters. The van der Waals surface area contributed by atoms with Crippen LogP contribution in [0.5, 0.6) is 5.75 Å². The van der Waals surface area contributed by atoms with Crippen molar-refractivity contribution in [3.8, 4) is 17.0 Å². The van der Waals surface area contributed by atoms with E-state index >= 15 is 0 Å². The van der Waals surface area contributed by atoms with Crippen molar-refractivity contribution in [2.75, 3.05) is 20.7 Å². The van der Waals surface area contributed by atoms with Crippen LogP contribution in [0, 0.1) is 0 Å². The van der Waals surface area contributed by atoms with Gasteiger partial charge in [0.1, 0.15) is 5.75 Å². The second kappa shape index (κ2) is 7.99. The van der Waals surface area contributed by atoms with Crippen LogP contribution in [-0.2, 0) is 13.0 Å². The smallest absolute Gasteiger partial charge is 0.119 e. The third-order valence-electron chi connectivity index (χ3n) is 4.01. The number of nitrogens with zero attached hydrogens (tertiary/aromatic N) is 2. The maximum atomic E-state index is 5.33. The highest BCUT2D eigenvalue weighted by molar-refractivity contribution is 5.67. The highest BCUT2D eigenvalue weighted by Crippen LogP contribution is 2.29. The Balaban J connectivity index is 2.25. The Kier molecular flexibility index (Phi) is 6.01. The van der Waals surface area contributed by atoms with Crippen molar-refractivity contribution in [1.29, 1.82) is 0 Å². The molecular formula is C18H27N3O. The van der Waals surface area contributed by atoms with Gasteiger partial charge in [0.05, 0.1) is 19.0 Å². The lowest BCUT2D eigenvalue weighted by molar-refractivity contribution is 0.321. The van der Waals surface area contributed by atoms with Crippen LogP contribution >= 0.6 is 0 Å². The maximum Gasteiger partial charge on any atom is 0.119 e. The van der Waals surface area contributed by atoms with Crippen LogP contribution in [-0.4, -0.2) is 35.8 Å². The Hall–Kier alpha value is -1.81. The first-order chi connectivity index (χ1) is 10.7. The van der Waals surface area contributed by atoms with E-state index < -0.39 is 0 Å². The van der Waals surface area contributed by atoms with Crippen molar-refractivity contribution in [1.82, 2.24) is 15.1 Å². The lowest BCUT2D eigenvalue weighted by Gasteiger charge is -2.17. The van der Waals surface area contributed by atoms with Gasteiger partial charge in [0.15, 0.2) is 0 Å². The molecule has 0 saturated heterocycles. The molecule has 1 N–H and O–H groups in total. The SMILES string of the molecule is CCCCN(C)Cc1cn[nH]c1-c1ccc(OC)cc1CC. The molecule has 0 fully saturated rings. The van der Waals surface area contributed by atoms with Gasteiger partial charge in [0.25, 0.3) is 0 Å². The zero-order valence-electron chi connectivity index (χ0n) is 14.1. The Morgan fingerprint density at radius 1 is 1.23 bits per heavy atom. The van der Waals surface area contributed by atoms with Gasteiger partial charge in [-0.3, -0.25) is 5.10 Å². The van der Waals surface area contributed by atoms with E-state index in [9.17, 15) is 0 Å². The Morgan fingerprint density at radius 3 is 2.73 bits per heavy atom. The molecule has 0 aliphatic heterocycles. The van der Waals surface area contributed by atoms with Gasteiger partial charge in [-0.15, -0.1) is 0 Å². The average Bonchev–Trinajstić information content (AvgIpc) is 3.00. The van der Waals surface area contributed by atoms with Crippen LogP contribution in [0.15, 0.2) is 24.4 Å². The zero-order valence-corrected chi connectivity index (χ0v) is 14.1. The van der Waals surface area contributed by atoms with Crippen LogP contribution in [0.2, 0.25) is 0 Å². The molecular weight excluding hydrogens is 274 g/mol. The predicted octanol–water partition coefficient (Wildman–Crippen LogP) is 3.88. The molecule has 1 heterocycles. The van der Waals surface area contributed by atoms with Crippen molar-refractivity contribution in [3.63, 3.8) is 0 Å². The quantitative estimate of drug-likeness (QED) is 0.804. The number of rotatable bonds is 8. The number of aromatic amines is 1. The second-order valence-corrected chi connectivity index (χ2v) is 5.74. The van der Waals surface area contributed by atoms with E-state index in [2.05, 4.69) is 48.1 Å².